The average Bonchev–Trinajstić information content (AvgIpc) is 3.68. The third-order valence-corrected chi connectivity index (χ3v) is 9.80. The summed E-state index contributed by atoms with van der Waals surface area (Å²) in [6.45, 7) is 11.9. The van der Waals surface area contributed by atoms with Crippen LogP contribution in [-0.4, -0.2) is 97.0 Å². The van der Waals surface area contributed by atoms with E-state index in [1.54, 1.807) is 0 Å². The maximum atomic E-state index is 13.7. The van der Waals surface area contributed by atoms with Crippen molar-refractivity contribution < 1.29 is 14.3 Å². The highest BCUT2D eigenvalue weighted by Crippen LogP contribution is 2.35. The molecule has 9 nitrogen and oxygen atoms in total. The van der Waals surface area contributed by atoms with E-state index >= 15 is 0 Å². The molecule has 1 saturated carbocycles. The number of anilines is 1. The SMILES string of the molecule is Cc1c(C(=O)NCC2C(=O)N(C)C(C)CC2C)cc(-c2cnn(CCN3CCOCC3)c2)cc1N(C)C1CCCC1. The molecule has 1 aliphatic carbocycles. The second kappa shape index (κ2) is 12.9. The predicted octanol–water partition coefficient (Wildman–Crippen LogP) is 3.80. The summed E-state index contributed by atoms with van der Waals surface area (Å²) in [5.74, 6) is 0.0299. The number of aromatic nitrogens is 2. The van der Waals surface area contributed by atoms with Gasteiger partial charge in [-0.1, -0.05) is 19.8 Å². The zero-order valence-corrected chi connectivity index (χ0v) is 25.6. The zero-order valence-electron chi connectivity index (χ0n) is 25.6. The van der Waals surface area contributed by atoms with Crippen molar-refractivity contribution in [1.29, 1.82) is 0 Å². The number of rotatable bonds is 9. The highest BCUT2D eigenvalue weighted by Gasteiger charge is 2.36. The van der Waals surface area contributed by atoms with Crippen LogP contribution in [0.3, 0.4) is 0 Å². The molecule has 9 heteroatoms. The summed E-state index contributed by atoms with van der Waals surface area (Å²) in [7, 11) is 4.03. The summed E-state index contributed by atoms with van der Waals surface area (Å²) in [6.07, 6.45) is 9.79. The third-order valence-electron chi connectivity index (χ3n) is 9.80. The van der Waals surface area contributed by atoms with Crippen LogP contribution in [0, 0.1) is 18.8 Å². The largest absolute Gasteiger partial charge is 0.379 e. The lowest BCUT2D eigenvalue weighted by Crippen LogP contribution is -2.51. The molecule has 1 N–H and O–H groups in total. The average molecular weight is 565 g/mol. The number of nitrogens with zero attached hydrogens (tertiary/aromatic N) is 5. The number of hydrogen-bond acceptors (Lipinski definition) is 6. The van der Waals surface area contributed by atoms with Gasteiger partial charge in [0.2, 0.25) is 5.91 Å². The number of morpholine rings is 1. The molecule has 3 heterocycles. The van der Waals surface area contributed by atoms with Crippen molar-refractivity contribution in [2.24, 2.45) is 11.8 Å². The fourth-order valence-electron chi connectivity index (χ4n) is 6.83. The standard InChI is InChI=1S/C32H48N6O3/c1-22-16-23(2)35(4)32(40)29(22)20-33-31(39)28-17-25(18-30(24(28)3)36(5)27-8-6-7-9-27)26-19-34-38(21-26)11-10-37-12-14-41-15-13-37/h17-19,21-23,27,29H,6-16,20H2,1-5H3,(H,33,39). The Morgan fingerprint density at radius 1 is 1.12 bits per heavy atom. The van der Waals surface area contributed by atoms with Gasteiger partial charge in [-0.3, -0.25) is 19.2 Å². The van der Waals surface area contributed by atoms with Gasteiger partial charge < -0.3 is 19.9 Å². The highest BCUT2D eigenvalue weighted by atomic mass is 16.5. The van der Waals surface area contributed by atoms with Crippen molar-refractivity contribution >= 4 is 17.5 Å². The molecule has 3 aliphatic rings. The van der Waals surface area contributed by atoms with E-state index in [4.69, 9.17) is 4.74 Å². The van der Waals surface area contributed by atoms with E-state index in [9.17, 15) is 9.59 Å². The van der Waals surface area contributed by atoms with Crippen LogP contribution < -0.4 is 10.2 Å². The van der Waals surface area contributed by atoms with Crippen molar-refractivity contribution in [3.8, 4) is 11.1 Å². The van der Waals surface area contributed by atoms with E-state index in [-0.39, 0.29) is 29.7 Å². The molecule has 3 unspecified atom stereocenters. The molecule has 2 saturated heterocycles. The molecule has 0 bridgehead atoms. The fourth-order valence-corrected chi connectivity index (χ4v) is 6.83. The molecule has 0 spiro atoms. The Morgan fingerprint density at radius 2 is 1.85 bits per heavy atom. The molecular formula is C32H48N6O3. The van der Waals surface area contributed by atoms with Crippen molar-refractivity contribution in [2.75, 3.05) is 58.4 Å². The van der Waals surface area contributed by atoms with Crippen molar-refractivity contribution in [3.63, 3.8) is 0 Å². The van der Waals surface area contributed by atoms with E-state index in [0.29, 0.717) is 18.2 Å². The summed E-state index contributed by atoms with van der Waals surface area (Å²) in [5.41, 5.74) is 4.74. The molecule has 2 amide bonds. The molecule has 2 aliphatic heterocycles. The Bertz CT molecular complexity index is 1220. The van der Waals surface area contributed by atoms with Gasteiger partial charge in [-0.05, 0) is 62.3 Å². The molecule has 2 aromatic rings. The lowest BCUT2D eigenvalue weighted by molar-refractivity contribution is -0.141. The van der Waals surface area contributed by atoms with E-state index in [0.717, 1.165) is 68.2 Å². The molecule has 5 rings (SSSR count). The molecular weight excluding hydrogens is 516 g/mol. The molecule has 1 aromatic carbocycles. The van der Waals surface area contributed by atoms with Crippen LogP contribution in [0.5, 0.6) is 0 Å². The Hall–Kier alpha value is -2.91. The van der Waals surface area contributed by atoms with E-state index in [1.807, 2.05) is 28.9 Å². The second-order valence-electron chi connectivity index (χ2n) is 12.5. The number of benzene rings is 1. The van der Waals surface area contributed by atoms with E-state index in [2.05, 4.69) is 60.3 Å². The van der Waals surface area contributed by atoms with Gasteiger partial charge in [0.15, 0.2) is 0 Å². The van der Waals surface area contributed by atoms with Gasteiger partial charge in [-0.15, -0.1) is 0 Å². The molecule has 3 fully saturated rings. The maximum absolute atomic E-state index is 13.7. The number of carbonyl (C=O) groups is 2. The van der Waals surface area contributed by atoms with Gasteiger partial charge in [-0.2, -0.15) is 5.10 Å². The summed E-state index contributed by atoms with van der Waals surface area (Å²) >= 11 is 0. The lowest BCUT2D eigenvalue weighted by Gasteiger charge is -2.39. The molecule has 1 aromatic heterocycles. The van der Waals surface area contributed by atoms with Crippen molar-refractivity contribution in [2.45, 2.75) is 71.5 Å². The number of amides is 2. The molecule has 3 atom stereocenters. The first-order valence-electron chi connectivity index (χ1n) is 15.5. The van der Waals surface area contributed by atoms with Crippen LogP contribution >= 0.6 is 0 Å². The predicted molar refractivity (Wildman–Crippen MR) is 162 cm³/mol. The lowest BCUT2D eigenvalue weighted by atomic mass is 9.83. The number of nitrogens with one attached hydrogen (secondary N) is 1. The van der Waals surface area contributed by atoms with E-state index < -0.39 is 0 Å². The topological polar surface area (TPSA) is 82.9 Å². The summed E-state index contributed by atoms with van der Waals surface area (Å²) in [4.78, 5) is 33.3. The molecule has 224 valence electrons. The fraction of sp³-hybridized carbons (Fsp3) is 0.656. The van der Waals surface area contributed by atoms with Crippen LogP contribution in [0.25, 0.3) is 11.1 Å². The van der Waals surface area contributed by atoms with Crippen molar-refractivity contribution in [3.05, 3.63) is 35.7 Å². The Labute approximate surface area is 245 Å². The van der Waals surface area contributed by atoms with Gasteiger partial charge in [0.1, 0.15) is 0 Å². The van der Waals surface area contributed by atoms with Crippen LogP contribution in [0.2, 0.25) is 0 Å². The Morgan fingerprint density at radius 3 is 2.59 bits per heavy atom. The first kappa shape index (κ1) is 29.6. The summed E-state index contributed by atoms with van der Waals surface area (Å²) < 4.78 is 7.47. The van der Waals surface area contributed by atoms with Crippen molar-refractivity contribution in [1.82, 2.24) is 24.9 Å². The number of ether oxygens (including phenoxy) is 1. The number of likely N-dealkylation sites (tertiary alicyclic amines) is 1. The van der Waals surface area contributed by atoms with E-state index in [1.165, 1.54) is 25.7 Å². The molecule has 41 heavy (non-hydrogen) atoms. The monoisotopic (exact) mass is 564 g/mol. The highest BCUT2D eigenvalue weighted by molar-refractivity contribution is 5.99. The smallest absolute Gasteiger partial charge is 0.251 e. The zero-order chi connectivity index (χ0) is 29.1. The minimum atomic E-state index is -0.200. The van der Waals surface area contributed by atoms with Gasteiger partial charge in [0.05, 0.1) is 31.9 Å². The van der Waals surface area contributed by atoms with Crippen LogP contribution in [0.15, 0.2) is 24.5 Å². The Balaban J connectivity index is 1.37. The number of piperidine rings is 1. The number of carbonyl (C=O) groups excluding carboxylic acids is 2. The summed E-state index contributed by atoms with van der Waals surface area (Å²) in [6, 6.07) is 4.93. The minimum absolute atomic E-state index is 0.119. The molecule has 0 radical (unpaired) electrons. The van der Waals surface area contributed by atoms with Gasteiger partial charge in [-0.25, -0.2) is 0 Å². The minimum Gasteiger partial charge on any atom is -0.379 e. The van der Waals surface area contributed by atoms with Crippen LogP contribution in [0.1, 0.15) is 61.9 Å². The van der Waals surface area contributed by atoms with Crippen LogP contribution in [-0.2, 0) is 16.1 Å². The normalized spacial score (nSPS) is 24.2. The second-order valence-corrected chi connectivity index (χ2v) is 12.5. The van der Waals surface area contributed by atoms with Gasteiger partial charge >= 0.3 is 0 Å². The summed E-state index contributed by atoms with van der Waals surface area (Å²) in [5, 5.41) is 7.80. The number of hydrogen-bond donors (Lipinski definition) is 1. The quantitative estimate of drug-likeness (QED) is 0.499. The van der Waals surface area contributed by atoms with Gasteiger partial charge in [0.25, 0.3) is 5.91 Å². The first-order valence-corrected chi connectivity index (χ1v) is 15.5. The van der Waals surface area contributed by atoms with Crippen LogP contribution in [0.4, 0.5) is 5.69 Å². The first-order chi connectivity index (χ1) is 19.7. The van der Waals surface area contributed by atoms with Gasteiger partial charge in [0, 0.05) is 75.4 Å². The maximum Gasteiger partial charge on any atom is 0.251 e. The Kier molecular flexibility index (Phi) is 9.34. The third kappa shape index (κ3) is 6.61.